The third-order valence-corrected chi connectivity index (χ3v) is 5.11. The largest absolute Gasteiger partial charge is 4.00 e. The number of hydrogen-bond acceptors (Lipinski definition) is 13. The maximum Gasteiger partial charge on any atom is 4.00 e. The van der Waals surface area contributed by atoms with Gasteiger partial charge in [0.2, 0.25) is 11.6 Å². The van der Waals surface area contributed by atoms with Crippen molar-refractivity contribution in [1.82, 2.24) is 14.7 Å². The zero-order valence-electron chi connectivity index (χ0n) is 27.6. The van der Waals surface area contributed by atoms with E-state index in [1.807, 2.05) is 14.7 Å². The van der Waals surface area contributed by atoms with Crippen LogP contribution in [0.2, 0.25) is 0 Å². The maximum atomic E-state index is 12.4. The fraction of sp³-hybridized carbons (Fsp3) is 0.438. The van der Waals surface area contributed by atoms with Gasteiger partial charge < -0.3 is 35.1 Å². The van der Waals surface area contributed by atoms with Crippen LogP contribution in [0.15, 0.2) is 70.5 Å². The van der Waals surface area contributed by atoms with Crippen LogP contribution in [-0.2, 0) is 50.5 Å². The van der Waals surface area contributed by atoms with Gasteiger partial charge in [0, 0.05) is 45.3 Å². The van der Waals surface area contributed by atoms with Crippen LogP contribution in [0, 0.1) is 0 Å². The Morgan fingerprint density at radius 1 is 0.522 bits per heavy atom. The Morgan fingerprint density at radius 3 is 0.978 bits per heavy atom. The van der Waals surface area contributed by atoms with Gasteiger partial charge in [0.15, 0.2) is 23.1 Å². The first-order valence-corrected chi connectivity index (χ1v) is 14.0. The van der Waals surface area contributed by atoms with E-state index in [1.54, 1.807) is 0 Å². The summed E-state index contributed by atoms with van der Waals surface area (Å²) in [4.78, 5) is 70.4. The van der Waals surface area contributed by atoms with Crippen molar-refractivity contribution in [3.8, 4) is 0 Å². The summed E-state index contributed by atoms with van der Waals surface area (Å²) in [5.74, 6) is -1.45. The number of Topliss-reactive ketones (excluding diaryl/α,β-unsaturated/α-hetero) is 1. The van der Waals surface area contributed by atoms with Gasteiger partial charge in [0.1, 0.15) is 11.4 Å². The smallest absolute Gasteiger partial charge is 0.876 e. The van der Waals surface area contributed by atoms with Crippen LogP contribution in [0.1, 0.15) is 55.4 Å². The molecule has 0 unspecified atom stereocenters. The van der Waals surface area contributed by atoms with Crippen molar-refractivity contribution >= 4 is 34.7 Å². The summed E-state index contributed by atoms with van der Waals surface area (Å²) >= 11 is 0. The van der Waals surface area contributed by atoms with E-state index >= 15 is 0 Å². The first-order chi connectivity index (χ1) is 20.8. The summed E-state index contributed by atoms with van der Waals surface area (Å²) in [6, 6.07) is 0. The summed E-state index contributed by atoms with van der Waals surface area (Å²) in [5.41, 5.74) is 1.89. The average molecular weight is 676 g/mol. The second-order valence-corrected chi connectivity index (χ2v) is 10.3. The van der Waals surface area contributed by atoms with Crippen molar-refractivity contribution in [2.24, 2.45) is 0 Å². The van der Waals surface area contributed by atoms with E-state index in [2.05, 4.69) is 0 Å². The predicted octanol–water partition coefficient (Wildman–Crippen LogP) is -1.46. The zero-order valence-corrected chi connectivity index (χ0v) is 29.1. The zero-order chi connectivity index (χ0) is 35.0. The van der Waals surface area contributed by atoms with Gasteiger partial charge in [0.05, 0.1) is 5.70 Å². The molecule has 3 fully saturated rings. The van der Waals surface area contributed by atoms with Gasteiger partial charge in [-0.15, -0.1) is 23.0 Å². The van der Waals surface area contributed by atoms with Crippen LogP contribution >= 0.6 is 0 Å². The molecule has 4 aliphatic rings. The normalized spacial score (nSPS) is 16.8. The van der Waals surface area contributed by atoms with Gasteiger partial charge in [-0.1, -0.05) is 27.7 Å². The SMILES string of the molecule is CC(=O)/C=C(/C)[O-].CC(=O)/C=C(/C)[O-].CC(=O)/C=C(/C)[O-].CC(=O)/C=C(/C)[O-].O=C1C=C(N2CC2)C(=O)C(N2CC2)=C1N1CC1.[Ti+4]. The number of ketones is 6. The van der Waals surface area contributed by atoms with Crippen LogP contribution in [-0.4, -0.2) is 88.7 Å². The quantitative estimate of drug-likeness (QED) is 0.0996. The molecule has 0 bridgehead atoms. The molecule has 3 aliphatic heterocycles. The second-order valence-electron chi connectivity index (χ2n) is 10.3. The molecule has 3 heterocycles. The van der Waals surface area contributed by atoms with E-state index < -0.39 is 0 Å². The van der Waals surface area contributed by atoms with E-state index in [0.29, 0.717) is 17.1 Å². The molecule has 0 radical (unpaired) electrons. The molecule has 0 amide bonds. The van der Waals surface area contributed by atoms with E-state index in [0.717, 1.165) is 63.6 Å². The molecular weight excluding hydrogens is 634 g/mol. The summed E-state index contributed by atoms with van der Waals surface area (Å²) in [6.07, 6.45) is 5.75. The van der Waals surface area contributed by atoms with Crippen molar-refractivity contribution in [2.45, 2.75) is 55.4 Å². The Kier molecular flexibility index (Phi) is 20.5. The molecule has 0 aromatic rings. The third-order valence-electron chi connectivity index (χ3n) is 5.11. The molecule has 0 atom stereocenters. The molecule has 0 saturated carbocycles. The van der Waals surface area contributed by atoms with Crippen LogP contribution < -0.4 is 20.4 Å². The maximum absolute atomic E-state index is 12.4. The average Bonchev–Trinajstić information content (AvgIpc) is 3.70. The van der Waals surface area contributed by atoms with Crippen molar-refractivity contribution in [2.75, 3.05) is 39.3 Å². The Bertz CT molecular complexity index is 1220. The number of hydrogen-bond donors (Lipinski definition) is 0. The fourth-order valence-electron chi connectivity index (χ4n) is 3.42. The second kappa shape index (κ2) is 21.5. The molecular formula is C32H41N3O10Ti. The minimum atomic E-state index is -0.187. The van der Waals surface area contributed by atoms with E-state index in [4.69, 9.17) is 0 Å². The van der Waals surface area contributed by atoms with E-state index in [-0.39, 0.29) is 79.5 Å². The van der Waals surface area contributed by atoms with Crippen molar-refractivity contribution in [3.05, 3.63) is 70.5 Å². The monoisotopic (exact) mass is 675 g/mol. The standard InChI is InChI=1S/C12H13N3O2.4C5H8O2.Ti/c16-9-7-8(13-1-2-13)12(17)11(15-5-6-15)10(9)14-3-4-14;4*1-4(6)3-5(2)7;/h7H,1-6H2;4*3,6H,1-2H3;/q;;;;;+4/p-4/b;4*4-3-;. The van der Waals surface area contributed by atoms with Gasteiger partial charge >= 0.3 is 21.7 Å². The topological polar surface area (TPSA) is 204 Å². The summed E-state index contributed by atoms with van der Waals surface area (Å²) in [5, 5.41) is 39.9. The molecule has 14 heteroatoms. The summed E-state index contributed by atoms with van der Waals surface area (Å²) in [6.45, 7) is 16.2. The number of carbonyl (C=O) groups excluding carboxylic acids is 6. The molecule has 1 aliphatic carbocycles. The van der Waals surface area contributed by atoms with Crippen LogP contribution in [0.25, 0.3) is 0 Å². The molecule has 0 N–H and O–H groups in total. The number of allylic oxidation sites excluding steroid dienone is 9. The predicted molar refractivity (Wildman–Crippen MR) is 158 cm³/mol. The van der Waals surface area contributed by atoms with Crippen molar-refractivity contribution in [3.63, 3.8) is 0 Å². The Hall–Kier alpha value is -4.23. The van der Waals surface area contributed by atoms with Gasteiger partial charge in [0.25, 0.3) is 0 Å². The molecule has 0 spiro atoms. The van der Waals surface area contributed by atoms with Crippen molar-refractivity contribution in [1.29, 1.82) is 0 Å². The van der Waals surface area contributed by atoms with Crippen LogP contribution in [0.4, 0.5) is 0 Å². The fourth-order valence-corrected chi connectivity index (χ4v) is 3.42. The number of nitrogens with zero attached hydrogens (tertiary/aromatic N) is 3. The van der Waals surface area contributed by atoms with Crippen molar-refractivity contribution < 1.29 is 70.9 Å². The Labute approximate surface area is 284 Å². The van der Waals surface area contributed by atoms with Crippen LogP contribution in [0.3, 0.4) is 0 Å². The number of rotatable bonds is 7. The first-order valence-electron chi connectivity index (χ1n) is 14.0. The molecule has 46 heavy (non-hydrogen) atoms. The first kappa shape index (κ1) is 43.9. The van der Waals surface area contributed by atoms with Gasteiger partial charge in [-0.3, -0.25) is 28.8 Å². The molecule has 248 valence electrons. The summed E-state index contributed by atoms with van der Waals surface area (Å²) < 4.78 is 0. The van der Waals surface area contributed by atoms with Gasteiger partial charge in [-0.2, -0.15) is 0 Å². The Morgan fingerprint density at radius 2 is 0.783 bits per heavy atom. The minimum Gasteiger partial charge on any atom is -0.876 e. The summed E-state index contributed by atoms with van der Waals surface area (Å²) in [7, 11) is 0. The Balaban J connectivity index is 0. The molecule has 0 aromatic heterocycles. The van der Waals surface area contributed by atoms with E-state index in [1.165, 1.54) is 61.5 Å². The van der Waals surface area contributed by atoms with Gasteiger partial charge in [-0.25, -0.2) is 0 Å². The molecule has 13 nitrogen and oxygen atoms in total. The third kappa shape index (κ3) is 21.5. The minimum absolute atomic E-state index is 0. The van der Waals surface area contributed by atoms with Crippen LogP contribution in [0.5, 0.6) is 0 Å². The molecule has 4 rings (SSSR count). The number of carbonyl (C=O) groups is 6. The van der Waals surface area contributed by atoms with E-state index in [9.17, 15) is 49.2 Å². The molecule has 3 saturated heterocycles. The molecule has 0 aromatic carbocycles. The van der Waals surface area contributed by atoms with Gasteiger partial charge in [-0.05, 0) is 52.0 Å².